The lowest BCUT2D eigenvalue weighted by Gasteiger charge is -2.13. The van der Waals surface area contributed by atoms with E-state index in [1.807, 2.05) is 0 Å². The fourth-order valence-electron chi connectivity index (χ4n) is 0.996. The fourth-order valence-corrected chi connectivity index (χ4v) is 0.996. The van der Waals surface area contributed by atoms with E-state index < -0.39 is 0 Å². The Morgan fingerprint density at radius 3 is 3.00 bits per heavy atom. The van der Waals surface area contributed by atoms with E-state index in [0.717, 1.165) is 6.61 Å². The quantitative estimate of drug-likeness (QED) is 0.569. The van der Waals surface area contributed by atoms with Crippen LogP contribution < -0.4 is 0 Å². The Morgan fingerprint density at radius 2 is 2.50 bits per heavy atom. The number of rotatable bonds is 2. The third-order valence-electron chi connectivity index (χ3n) is 1.95. The summed E-state index contributed by atoms with van der Waals surface area (Å²) >= 11 is 0. The average molecular weight is 138 g/mol. The van der Waals surface area contributed by atoms with Crippen LogP contribution in [-0.4, -0.2) is 6.61 Å². The van der Waals surface area contributed by atoms with Crippen LogP contribution in [0, 0.1) is 5.92 Å². The summed E-state index contributed by atoms with van der Waals surface area (Å²) in [6.45, 7) is 5.19. The number of hydrogen-bond acceptors (Lipinski definition) is 1. The van der Waals surface area contributed by atoms with Gasteiger partial charge in [0.15, 0.2) is 0 Å². The minimum Gasteiger partial charge on any atom is -0.497 e. The first-order valence-corrected chi connectivity index (χ1v) is 3.82. The zero-order valence-electron chi connectivity index (χ0n) is 6.63. The maximum Gasteiger partial charge on any atom is 0.106 e. The van der Waals surface area contributed by atoms with Crippen molar-refractivity contribution in [2.75, 3.05) is 6.61 Å². The van der Waals surface area contributed by atoms with Crippen LogP contribution in [0.15, 0.2) is 24.0 Å². The van der Waals surface area contributed by atoms with Crippen molar-refractivity contribution in [1.29, 1.82) is 0 Å². The summed E-state index contributed by atoms with van der Waals surface area (Å²) in [5, 5.41) is 0. The molecule has 0 spiro atoms. The third-order valence-corrected chi connectivity index (χ3v) is 1.95. The third kappa shape index (κ3) is 1.63. The number of ether oxygens (including phenoxy) is 1. The Morgan fingerprint density at radius 1 is 1.70 bits per heavy atom. The summed E-state index contributed by atoms with van der Waals surface area (Å²) in [7, 11) is 0. The normalized spacial score (nSPS) is 19.6. The summed E-state index contributed by atoms with van der Waals surface area (Å²) in [5.41, 5.74) is 1.41. The van der Waals surface area contributed by atoms with Crippen molar-refractivity contribution in [2.24, 2.45) is 5.92 Å². The van der Waals surface area contributed by atoms with Crippen LogP contribution in [0.3, 0.4) is 0 Å². The first-order chi connectivity index (χ1) is 4.84. The van der Waals surface area contributed by atoms with Crippen LogP contribution in [0.4, 0.5) is 0 Å². The van der Waals surface area contributed by atoms with Gasteiger partial charge in [0.2, 0.25) is 0 Å². The van der Waals surface area contributed by atoms with Crippen molar-refractivity contribution >= 4 is 0 Å². The summed E-state index contributed by atoms with van der Waals surface area (Å²) in [6, 6.07) is 0. The topological polar surface area (TPSA) is 9.23 Å². The highest BCUT2D eigenvalue weighted by atomic mass is 16.5. The van der Waals surface area contributed by atoms with E-state index in [9.17, 15) is 0 Å². The molecule has 0 aromatic rings. The Hall–Kier alpha value is -0.720. The Labute approximate surface area is 62.4 Å². The van der Waals surface area contributed by atoms with Gasteiger partial charge in [-0.1, -0.05) is 13.8 Å². The van der Waals surface area contributed by atoms with Crippen molar-refractivity contribution in [1.82, 2.24) is 0 Å². The van der Waals surface area contributed by atoms with Crippen LogP contribution >= 0.6 is 0 Å². The van der Waals surface area contributed by atoms with Crippen LogP contribution in [0.5, 0.6) is 0 Å². The van der Waals surface area contributed by atoms with E-state index in [1.54, 1.807) is 6.26 Å². The molecule has 1 aliphatic rings. The summed E-state index contributed by atoms with van der Waals surface area (Å²) in [6.07, 6.45) is 7.18. The Balaban J connectivity index is 2.54. The van der Waals surface area contributed by atoms with Crippen molar-refractivity contribution in [2.45, 2.75) is 20.3 Å². The van der Waals surface area contributed by atoms with Crippen molar-refractivity contribution in [3.63, 3.8) is 0 Å². The number of hydrogen-bond donors (Lipinski definition) is 0. The van der Waals surface area contributed by atoms with Gasteiger partial charge in [-0.05, 0) is 30.1 Å². The minimum absolute atomic E-state index is 0.681. The first kappa shape index (κ1) is 7.39. The molecule has 1 nitrogen and oxygen atoms in total. The zero-order valence-corrected chi connectivity index (χ0v) is 6.63. The summed E-state index contributed by atoms with van der Waals surface area (Å²) < 4.78 is 5.04. The molecule has 1 heteroatoms. The molecule has 0 aromatic heterocycles. The number of allylic oxidation sites excluding steroid dienone is 2. The molecule has 0 aromatic carbocycles. The molecule has 1 aliphatic heterocycles. The standard InChI is InChI=1S/C9H14O/c1-3-8(2)9-4-6-10-7-5-9/h4-6,8H,3,7H2,1-2H3. The predicted molar refractivity (Wildman–Crippen MR) is 42.6 cm³/mol. The monoisotopic (exact) mass is 138 g/mol. The van der Waals surface area contributed by atoms with E-state index in [2.05, 4.69) is 26.0 Å². The molecule has 0 N–H and O–H groups in total. The highest BCUT2D eigenvalue weighted by Gasteiger charge is 2.04. The molecule has 1 atom stereocenters. The van der Waals surface area contributed by atoms with E-state index in [0.29, 0.717) is 5.92 Å². The van der Waals surface area contributed by atoms with E-state index in [-0.39, 0.29) is 0 Å². The summed E-state index contributed by atoms with van der Waals surface area (Å²) in [5.74, 6) is 0.681. The molecule has 0 fully saturated rings. The second-order valence-corrected chi connectivity index (χ2v) is 2.65. The predicted octanol–water partition coefficient (Wildman–Crippen LogP) is 2.50. The fraction of sp³-hybridized carbons (Fsp3) is 0.556. The smallest absolute Gasteiger partial charge is 0.106 e. The van der Waals surface area contributed by atoms with Gasteiger partial charge < -0.3 is 4.74 Å². The van der Waals surface area contributed by atoms with Crippen LogP contribution in [0.25, 0.3) is 0 Å². The lowest BCUT2D eigenvalue weighted by atomic mass is 9.98. The highest BCUT2D eigenvalue weighted by molar-refractivity contribution is 5.22. The maximum atomic E-state index is 5.04. The molecule has 56 valence electrons. The second kappa shape index (κ2) is 3.45. The van der Waals surface area contributed by atoms with Crippen molar-refractivity contribution < 1.29 is 4.74 Å². The van der Waals surface area contributed by atoms with Gasteiger partial charge >= 0.3 is 0 Å². The molecule has 1 heterocycles. The van der Waals surface area contributed by atoms with Gasteiger partial charge in [-0.3, -0.25) is 0 Å². The lowest BCUT2D eigenvalue weighted by Crippen LogP contribution is -2.00. The second-order valence-electron chi connectivity index (χ2n) is 2.65. The molecular weight excluding hydrogens is 124 g/mol. The van der Waals surface area contributed by atoms with Gasteiger partial charge in [-0.2, -0.15) is 0 Å². The van der Waals surface area contributed by atoms with Crippen LogP contribution in [0.2, 0.25) is 0 Å². The van der Waals surface area contributed by atoms with E-state index in [1.165, 1.54) is 12.0 Å². The molecule has 0 amide bonds. The lowest BCUT2D eigenvalue weighted by molar-refractivity contribution is 0.282. The van der Waals surface area contributed by atoms with Gasteiger partial charge in [0.05, 0.1) is 6.26 Å². The van der Waals surface area contributed by atoms with Gasteiger partial charge in [-0.25, -0.2) is 0 Å². The van der Waals surface area contributed by atoms with E-state index >= 15 is 0 Å². The largest absolute Gasteiger partial charge is 0.497 e. The van der Waals surface area contributed by atoms with Gasteiger partial charge in [-0.15, -0.1) is 0 Å². The van der Waals surface area contributed by atoms with Gasteiger partial charge in [0.1, 0.15) is 6.61 Å². The van der Waals surface area contributed by atoms with Gasteiger partial charge in [0, 0.05) is 0 Å². The molecule has 0 radical (unpaired) electrons. The maximum absolute atomic E-state index is 5.04. The Kier molecular flexibility index (Phi) is 2.55. The first-order valence-electron chi connectivity index (χ1n) is 3.82. The molecular formula is C9H14O. The van der Waals surface area contributed by atoms with Crippen LogP contribution in [0.1, 0.15) is 20.3 Å². The van der Waals surface area contributed by atoms with Gasteiger partial charge in [0.25, 0.3) is 0 Å². The summed E-state index contributed by atoms with van der Waals surface area (Å²) in [4.78, 5) is 0. The van der Waals surface area contributed by atoms with Crippen LogP contribution in [-0.2, 0) is 4.74 Å². The molecule has 0 saturated carbocycles. The Bertz CT molecular complexity index is 156. The minimum atomic E-state index is 0.681. The molecule has 10 heavy (non-hydrogen) atoms. The average Bonchev–Trinajstić information content (AvgIpc) is 2.05. The molecule has 1 rings (SSSR count). The molecule has 0 aliphatic carbocycles. The zero-order chi connectivity index (χ0) is 7.40. The van der Waals surface area contributed by atoms with Crippen molar-refractivity contribution in [3.8, 4) is 0 Å². The van der Waals surface area contributed by atoms with E-state index in [4.69, 9.17) is 4.74 Å². The SMILES string of the molecule is CCC(C)C1=CCOC=C1. The highest BCUT2D eigenvalue weighted by Crippen LogP contribution is 2.17. The molecule has 0 saturated heterocycles. The van der Waals surface area contributed by atoms with Crippen molar-refractivity contribution in [3.05, 3.63) is 24.0 Å². The molecule has 1 unspecified atom stereocenters. The molecule has 0 bridgehead atoms.